The van der Waals surface area contributed by atoms with Gasteiger partial charge in [-0.25, -0.2) is 0 Å². The van der Waals surface area contributed by atoms with Crippen molar-refractivity contribution < 1.29 is 4.74 Å². The second-order valence-electron chi connectivity index (χ2n) is 6.71. The number of nitrogens with zero attached hydrogens (tertiary/aromatic N) is 2. The molecule has 0 amide bonds. The van der Waals surface area contributed by atoms with E-state index in [1.54, 1.807) is 6.20 Å². The van der Waals surface area contributed by atoms with E-state index in [4.69, 9.17) is 10.00 Å². The van der Waals surface area contributed by atoms with Crippen LogP contribution in [0.4, 0.5) is 0 Å². The monoisotopic (exact) mass is 273 g/mol. The summed E-state index contributed by atoms with van der Waals surface area (Å²) in [4.78, 5) is 4.40. The van der Waals surface area contributed by atoms with Crippen molar-refractivity contribution in [2.75, 3.05) is 6.61 Å². The molecule has 0 atom stereocenters. The molecule has 4 nitrogen and oxygen atoms in total. The summed E-state index contributed by atoms with van der Waals surface area (Å²) in [6, 6.07) is 6.18. The highest BCUT2D eigenvalue weighted by atomic mass is 16.5. The number of aromatic nitrogens is 1. The molecule has 0 radical (unpaired) electrons. The van der Waals surface area contributed by atoms with Crippen molar-refractivity contribution in [2.24, 2.45) is 5.41 Å². The highest BCUT2D eigenvalue weighted by molar-refractivity contribution is 5.20. The second kappa shape index (κ2) is 5.80. The largest absolute Gasteiger partial charge is 0.491 e. The minimum Gasteiger partial charge on any atom is -0.491 e. The van der Waals surface area contributed by atoms with Gasteiger partial charge in [-0.2, -0.15) is 5.26 Å². The Labute approximate surface area is 121 Å². The number of ether oxygens (including phenoxy) is 1. The molecule has 1 aliphatic rings. The van der Waals surface area contributed by atoms with Gasteiger partial charge in [-0.1, -0.05) is 0 Å². The summed E-state index contributed by atoms with van der Waals surface area (Å²) in [7, 11) is 0. The van der Waals surface area contributed by atoms with E-state index in [0.717, 1.165) is 30.8 Å². The Kier molecular flexibility index (Phi) is 4.29. The van der Waals surface area contributed by atoms with Crippen LogP contribution in [0.5, 0.6) is 5.75 Å². The lowest BCUT2D eigenvalue weighted by Gasteiger charge is -2.20. The Bertz CT molecular complexity index is 478. The molecule has 1 heterocycles. The molecule has 4 heteroatoms. The molecule has 0 aromatic carbocycles. The molecule has 0 unspecified atom stereocenters. The molecule has 1 saturated carbocycles. The number of hydrogen-bond acceptors (Lipinski definition) is 4. The Morgan fingerprint density at radius 1 is 1.40 bits per heavy atom. The summed E-state index contributed by atoms with van der Waals surface area (Å²) in [5.41, 5.74) is 1.21. The number of hydrogen-bond donors (Lipinski definition) is 1. The lowest BCUT2D eigenvalue weighted by Crippen LogP contribution is -2.35. The van der Waals surface area contributed by atoms with Gasteiger partial charge in [-0.3, -0.25) is 4.98 Å². The van der Waals surface area contributed by atoms with Crippen molar-refractivity contribution in [1.29, 1.82) is 5.26 Å². The lowest BCUT2D eigenvalue weighted by molar-refractivity contribution is 0.236. The Balaban J connectivity index is 1.81. The van der Waals surface area contributed by atoms with Crippen LogP contribution in [0.3, 0.4) is 0 Å². The quantitative estimate of drug-likeness (QED) is 0.865. The summed E-state index contributed by atoms with van der Waals surface area (Å²) in [5.74, 6) is 0.786. The molecular formula is C16H23N3O. The van der Waals surface area contributed by atoms with Gasteiger partial charge in [0.05, 0.1) is 24.6 Å². The minimum absolute atomic E-state index is 0.0898. The van der Waals surface area contributed by atoms with Gasteiger partial charge in [-0.15, -0.1) is 0 Å². The van der Waals surface area contributed by atoms with Crippen LogP contribution in [-0.2, 0) is 6.54 Å². The molecule has 1 aliphatic carbocycles. The molecule has 1 aromatic rings. The van der Waals surface area contributed by atoms with Crippen LogP contribution in [0.2, 0.25) is 0 Å². The SMILES string of the molecule is CC(C)(C)NCc1ccc(OCC2(CC#N)CC2)cn1. The molecule has 0 saturated heterocycles. The number of rotatable bonds is 6. The predicted molar refractivity (Wildman–Crippen MR) is 78.2 cm³/mol. The lowest BCUT2D eigenvalue weighted by atomic mass is 10.1. The van der Waals surface area contributed by atoms with Gasteiger partial charge in [0.25, 0.3) is 0 Å². The molecule has 0 spiro atoms. The van der Waals surface area contributed by atoms with E-state index < -0.39 is 0 Å². The minimum atomic E-state index is 0.0898. The summed E-state index contributed by atoms with van der Waals surface area (Å²) in [5, 5.41) is 12.2. The highest BCUT2D eigenvalue weighted by Crippen LogP contribution is 2.48. The average Bonchev–Trinajstić information content (AvgIpc) is 3.15. The van der Waals surface area contributed by atoms with Gasteiger partial charge >= 0.3 is 0 Å². The average molecular weight is 273 g/mol. The third kappa shape index (κ3) is 4.50. The molecule has 20 heavy (non-hydrogen) atoms. The standard InChI is InChI=1S/C16H23N3O/c1-15(2,3)19-10-13-4-5-14(11-18-13)20-12-16(6-7-16)8-9-17/h4-5,11,19H,6-8,10,12H2,1-3H3. The third-order valence-corrected chi connectivity index (χ3v) is 3.55. The Hall–Kier alpha value is -1.60. The van der Waals surface area contributed by atoms with Crippen LogP contribution in [-0.4, -0.2) is 17.1 Å². The predicted octanol–water partition coefficient (Wildman–Crippen LogP) is 3.04. The van der Waals surface area contributed by atoms with Gasteiger partial charge in [0.2, 0.25) is 0 Å². The summed E-state index contributed by atoms with van der Waals surface area (Å²) in [6.45, 7) is 7.78. The summed E-state index contributed by atoms with van der Waals surface area (Å²) in [6.07, 6.45) is 4.55. The first-order valence-corrected chi connectivity index (χ1v) is 7.12. The molecular weight excluding hydrogens is 250 g/mol. The van der Waals surface area contributed by atoms with E-state index in [0.29, 0.717) is 13.0 Å². The number of pyridine rings is 1. The molecule has 1 aromatic heterocycles. The van der Waals surface area contributed by atoms with Crippen molar-refractivity contribution >= 4 is 0 Å². The zero-order valence-electron chi connectivity index (χ0n) is 12.6. The van der Waals surface area contributed by atoms with Crippen LogP contribution in [0.1, 0.15) is 45.7 Å². The molecule has 108 valence electrons. The summed E-state index contributed by atoms with van der Waals surface area (Å²) >= 11 is 0. The van der Waals surface area contributed by atoms with Gasteiger partial charge in [0, 0.05) is 23.9 Å². The van der Waals surface area contributed by atoms with Crippen molar-refractivity contribution in [3.63, 3.8) is 0 Å². The maximum Gasteiger partial charge on any atom is 0.137 e. The van der Waals surface area contributed by atoms with E-state index in [1.165, 1.54) is 0 Å². The van der Waals surface area contributed by atoms with E-state index in [2.05, 4.69) is 37.1 Å². The first-order valence-electron chi connectivity index (χ1n) is 7.12. The molecule has 0 aliphatic heterocycles. The molecule has 0 bridgehead atoms. The first kappa shape index (κ1) is 14.8. The van der Waals surface area contributed by atoms with Crippen LogP contribution in [0.25, 0.3) is 0 Å². The Morgan fingerprint density at radius 2 is 2.15 bits per heavy atom. The van der Waals surface area contributed by atoms with Gasteiger partial charge < -0.3 is 10.1 Å². The summed E-state index contributed by atoms with van der Waals surface area (Å²) < 4.78 is 5.75. The number of nitriles is 1. The topological polar surface area (TPSA) is 57.9 Å². The van der Waals surface area contributed by atoms with E-state index in [9.17, 15) is 0 Å². The highest BCUT2D eigenvalue weighted by Gasteiger charge is 2.43. The van der Waals surface area contributed by atoms with Gasteiger partial charge in [0.1, 0.15) is 5.75 Å². The van der Waals surface area contributed by atoms with Crippen LogP contribution >= 0.6 is 0 Å². The van der Waals surface area contributed by atoms with Crippen LogP contribution < -0.4 is 10.1 Å². The zero-order valence-corrected chi connectivity index (χ0v) is 12.6. The molecule has 2 rings (SSSR count). The number of nitrogens with one attached hydrogen (secondary N) is 1. The maximum atomic E-state index is 8.78. The maximum absolute atomic E-state index is 8.78. The van der Waals surface area contributed by atoms with Crippen molar-refractivity contribution in [3.8, 4) is 11.8 Å². The fourth-order valence-corrected chi connectivity index (χ4v) is 1.91. The Morgan fingerprint density at radius 3 is 2.65 bits per heavy atom. The van der Waals surface area contributed by atoms with Crippen LogP contribution in [0.15, 0.2) is 18.3 Å². The smallest absolute Gasteiger partial charge is 0.137 e. The zero-order chi connectivity index (χ0) is 14.6. The van der Waals surface area contributed by atoms with Gasteiger partial charge in [0.15, 0.2) is 0 Å². The first-order chi connectivity index (χ1) is 9.42. The van der Waals surface area contributed by atoms with Crippen molar-refractivity contribution in [1.82, 2.24) is 10.3 Å². The van der Waals surface area contributed by atoms with E-state index in [1.807, 2.05) is 12.1 Å². The van der Waals surface area contributed by atoms with Gasteiger partial charge in [-0.05, 0) is 45.7 Å². The molecule has 1 fully saturated rings. The molecule has 1 N–H and O–H groups in total. The van der Waals surface area contributed by atoms with Crippen molar-refractivity contribution in [3.05, 3.63) is 24.0 Å². The third-order valence-electron chi connectivity index (χ3n) is 3.55. The second-order valence-corrected chi connectivity index (χ2v) is 6.71. The fourth-order valence-electron chi connectivity index (χ4n) is 1.91. The van der Waals surface area contributed by atoms with E-state index in [-0.39, 0.29) is 11.0 Å². The van der Waals surface area contributed by atoms with E-state index >= 15 is 0 Å². The normalized spacial score (nSPS) is 16.5. The fraction of sp³-hybridized carbons (Fsp3) is 0.625. The van der Waals surface area contributed by atoms with Crippen molar-refractivity contribution in [2.45, 2.75) is 52.1 Å². The van der Waals surface area contributed by atoms with Crippen LogP contribution in [0, 0.1) is 16.7 Å².